The summed E-state index contributed by atoms with van der Waals surface area (Å²) in [6.45, 7) is 4.02. The number of aryl methyl sites for hydroxylation is 1. The van der Waals surface area contributed by atoms with Gasteiger partial charge in [0.05, 0.1) is 5.56 Å². The van der Waals surface area contributed by atoms with Crippen molar-refractivity contribution in [1.82, 2.24) is 0 Å². The van der Waals surface area contributed by atoms with E-state index in [1.54, 1.807) is 36.4 Å². The van der Waals surface area contributed by atoms with Gasteiger partial charge in [-0.2, -0.15) is 0 Å². The topological polar surface area (TPSA) is 105 Å². The first-order chi connectivity index (χ1) is 17.9. The maximum atomic E-state index is 13.4. The molecule has 0 saturated carbocycles. The number of hydrogen-bond acceptors (Lipinski definition) is 5. The highest BCUT2D eigenvalue weighted by Crippen LogP contribution is 2.22. The van der Waals surface area contributed by atoms with Crippen LogP contribution in [0.15, 0.2) is 78.9 Å². The molecule has 3 aromatic rings. The largest absolute Gasteiger partial charge is 0.508 e. The number of carbonyl (C=O) groups excluding carboxylic acids is 3. The van der Waals surface area contributed by atoms with Gasteiger partial charge in [0, 0.05) is 11.4 Å². The number of amides is 2. The molecule has 7 nitrogen and oxygen atoms in total. The van der Waals surface area contributed by atoms with Crippen molar-refractivity contribution in [3.05, 3.63) is 90.0 Å². The fourth-order valence-corrected chi connectivity index (χ4v) is 3.94. The molecule has 2 unspecified atom stereocenters. The number of unbranched alkanes of at least 4 members (excludes halogenated alkanes) is 1. The second kappa shape index (κ2) is 13.8. The molecule has 37 heavy (non-hydrogen) atoms. The molecule has 0 bridgehead atoms. The summed E-state index contributed by atoms with van der Waals surface area (Å²) < 4.78 is 5.80. The lowest BCUT2D eigenvalue weighted by Crippen LogP contribution is -2.44. The Balaban J connectivity index is 1.84. The second-order valence-corrected chi connectivity index (χ2v) is 8.90. The molecule has 194 valence electrons. The summed E-state index contributed by atoms with van der Waals surface area (Å²) in [6, 6.07) is 21.9. The number of ether oxygens (including phenoxy) is 1. The smallest absolute Gasteiger partial charge is 0.338 e. The van der Waals surface area contributed by atoms with E-state index in [2.05, 4.69) is 17.6 Å². The maximum absolute atomic E-state index is 13.4. The molecule has 0 fully saturated rings. The van der Waals surface area contributed by atoms with Crippen LogP contribution in [-0.4, -0.2) is 29.0 Å². The number of aromatic hydroxyl groups is 1. The third kappa shape index (κ3) is 8.20. The molecule has 3 N–H and O–H groups in total. The maximum Gasteiger partial charge on any atom is 0.338 e. The molecule has 3 rings (SSSR count). The SMILES string of the molecule is CCCCc1ccc(C(=O)OC(CCC)C(C(=O)Nc2ccccc2)C(=O)Nc2ccc(O)cc2)cc1. The normalized spacial score (nSPS) is 12.3. The number of carbonyl (C=O) groups is 3. The van der Waals surface area contributed by atoms with Crippen LogP contribution in [0.25, 0.3) is 0 Å². The molecule has 0 aliphatic carbocycles. The molecule has 3 aromatic carbocycles. The zero-order chi connectivity index (χ0) is 26.6. The number of nitrogens with one attached hydrogen (secondary N) is 2. The Morgan fingerprint density at radius 3 is 1.95 bits per heavy atom. The van der Waals surface area contributed by atoms with Gasteiger partial charge >= 0.3 is 5.97 Å². The van der Waals surface area contributed by atoms with Gasteiger partial charge in [-0.1, -0.05) is 57.0 Å². The zero-order valence-corrected chi connectivity index (χ0v) is 21.3. The molecule has 0 radical (unpaired) electrons. The Labute approximate surface area is 217 Å². The highest BCUT2D eigenvalue weighted by atomic mass is 16.5. The first-order valence-corrected chi connectivity index (χ1v) is 12.7. The first-order valence-electron chi connectivity index (χ1n) is 12.7. The van der Waals surface area contributed by atoms with Gasteiger partial charge in [0.15, 0.2) is 5.92 Å². The van der Waals surface area contributed by atoms with Crippen molar-refractivity contribution in [1.29, 1.82) is 0 Å². The van der Waals surface area contributed by atoms with Gasteiger partial charge < -0.3 is 20.5 Å². The van der Waals surface area contributed by atoms with Crippen LogP contribution in [0.2, 0.25) is 0 Å². The monoisotopic (exact) mass is 502 g/mol. The molecule has 0 aliphatic rings. The Morgan fingerprint density at radius 1 is 0.784 bits per heavy atom. The van der Waals surface area contributed by atoms with E-state index < -0.39 is 29.8 Å². The van der Waals surface area contributed by atoms with Crippen molar-refractivity contribution in [3.63, 3.8) is 0 Å². The number of anilines is 2. The lowest BCUT2D eigenvalue weighted by Gasteiger charge is -2.26. The van der Waals surface area contributed by atoms with Gasteiger partial charge in [0.2, 0.25) is 11.8 Å². The number of phenolic OH excluding ortho intramolecular Hbond substituents is 1. The number of phenols is 1. The molecule has 2 amide bonds. The van der Waals surface area contributed by atoms with E-state index in [-0.39, 0.29) is 5.75 Å². The molecular weight excluding hydrogens is 468 g/mol. The van der Waals surface area contributed by atoms with Gasteiger partial charge in [-0.05, 0) is 73.4 Å². The molecule has 0 spiro atoms. The summed E-state index contributed by atoms with van der Waals surface area (Å²) >= 11 is 0. The van der Waals surface area contributed by atoms with E-state index in [1.807, 2.05) is 25.1 Å². The quantitative estimate of drug-likeness (QED) is 0.161. The van der Waals surface area contributed by atoms with Gasteiger partial charge in [0.1, 0.15) is 11.9 Å². The van der Waals surface area contributed by atoms with Crippen LogP contribution in [-0.2, 0) is 20.7 Å². The number of para-hydroxylation sites is 1. The Morgan fingerprint density at radius 2 is 1.38 bits per heavy atom. The van der Waals surface area contributed by atoms with Crippen molar-refractivity contribution in [2.24, 2.45) is 5.92 Å². The van der Waals surface area contributed by atoms with E-state index in [4.69, 9.17) is 4.74 Å². The standard InChI is InChI=1S/C30H34N2O5/c1-3-5-10-21-13-15-22(16-14-21)30(36)37-26(9-4-2)27(28(34)31-23-11-7-6-8-12-23)29(35)32-24-17-19-25(33)20-18-24/h6-8,11-20,26-27,33H,3-5,9-10H2,1-2H3,(H,31,34)(H,32,35). The molecular formula is C30H34N2O5. The van der Waals surface area contributed by atoms with Crippen LogP contribution in [0, 0.1) is 5.92 Å². The van der Waals surface area contributed by atoms with Gasteiger partial charge in [-0.15, -0.1) is 0 Å². The molecule has 2 atom stereocenters. The predicted molar refractivity (Wildman–Crippen MR) is 144 cm³/mol. The summed E-state index contributed by atoms with van der Waals surface area (Å²) in [5, 5.41) is 15.0. The van der Waals surface area contributed by atoms with Crippen molar-refractivity contribution >= 4 is 29.2 Å². The number of benzene rings is 3. The average Bonchev–Trinajstić information content (AvgIpc) is 2.90. The third-order valence-corrected chi connectivity index (χ3v) is 5.95. The third-order valence-electron chi connectivity index (χ3n) is 5.95. The van der Waals surface area contributed by atoms with Crippen molar-refractivity contribution in [2.45, 2.75) is 52.1 Å². The number of esters is 1. The van der Waals surface area contributed by atoms with Crippen LogP contribution >= 0.6 is 0 Å². The fraction of sp³-hybridized carbons (Fsp3) is 0.300. The molecule has 0 heterocycles. The summed E-state index contributed by atoms with van der Waals surface area (Å²) in [5.41, 5.74) is 2.43. The number of rotatable bonds is 12. The predicted octanol–water partition coefficient (Wildman–Crippen LogP) is 5.95. The average molecular weight is 503 g/mol. The summed E-state index contributed by atoms with van der Waals surface area (Å²) in [6.07, 6.45) is 3.01. The molecule has 0 aliphatic heterocycles. The van der Waals surface area contributed by atoms with E-state index in [9.17, 15) is 19.5 Å². The van der Waals surface area contributed by atoms with Crippen molar-refractivity contribution < 1.29 is 24.2 Å². The van der Waals surface area contributed by atoms with Gasteiger partial charge in [0.25, 0.3) is 0 Å². The van der Waals surface area contributed by atoms with Crippen molar-refractivity contribution in [3.8, 4) is 5.75 Å². The fourth-order valence-electron chi connectivity index (χ4n) is 3.94. The Kier molecular flexibility index (Phi) is 10.3. The van der Waals surface area contributed by atoms with E-state index in [0.717, 1.165) is 24.8 Å². The van der Waals surface area contributed by atoms with Crippen LogP contribution < -0.4 is 10.6 Å². The highest BCUT2D eigenvalue weighted by molar-refractivity contribution is 6.11. The summed E-state index contributed by atoms with van der Waals surface area (Å²) in [7, 11) is 0. The minimum Gasteiger partial charge on any atom is -0.508 e. The zero-order valence-electron chi connectivity index (χ0n) is 21.3. The van der Waals surface area contributed by atoms with Crippen molar-refractivity contribution in [2.75, 3.05) is 10.6 Å². The first kappa shape index (κ1) is 27.5. The Bertz CT molecular complexity index is 1160. The Hall–Kier alpha value is -4.13. The summed E-state index contributed by atoms with van der Waals surface area (Å²) in [5.74, 6) is -3.03. The number of hydrogen-bond donors (Lipinski definition) is 3. The van der Waals surface area contributed by atoms with Crippen LogP contribution in [0.5, 0.6) is 5.75 Å². The molecule has 7 heteroatoms. The van der Waals surface area contributed by atoms with Crippen LogP contribution in [0.4, 0.5) is 11.4 Å². The van der Waals surface area contributed by atoms with E-state index in [1.165, 1.54) is 24.3 Å². The lowest BCUT2D eigenvalue weighted by molar-refractivity contribution is -0.134. The van der Waals surface area contributed by atoms with E-state index >= 15 is 0 Å². The summed E-state index contributed by atoms with van der Waals surface area (Å²) in [4.78, 5) is 39.8. The van der Waals surface area contributed by atoms with Crippen LogP contribution in [0.1, 0.15) is 55.5 Å². The molecule has 0 aromatic heterocycles. The highest BCUT2D eigenvalue weighted by Gasteiger charge is 2.37. The second-order valence-electron chi connectivity index (χ2n) is 8.90. The minimum absolute atomic E-state index is 0.0508. The van der Waals surface area contributed by atoms with Gasteiger partial charge in [-0.25, -0.2) is 4.79 Å². The lowest BCUT2D eigenvalue weighted by atomic mass is 9.95. The van der Waals surface area contributed by atoms with E-state index in [0.29, 0.717) is 29.8 Å². The van der Waals surface area contributed by atoms with Crippen LogP contribution in [0.3, 0.4) is 0 Å². The minimum atomic E-state index is -1.30. The van der Waals surface area contributed by atoms with Gasteiger partial charge in [-0.3, -0.25) is 9.59 Å². The molecule has 0 saturated heterocycles.